The molecule has 0 aliphatic rings. The van der Waals surface area contributed by atoms with Crippen molar-refractivity contribution in [3.63, 3.8) is 0 Å². The topological polar surface area (TPSA) is 49.4 Å². The third kappa shape index (κ3) is 4.28. The first-order chi connectivity index (χ1) is 8.99. The highest BCUT2D eigenvalue weighted by Crippen LogP contribution is 2.16. The second-order valence-corrected chi connectivity index (χ2v) is 4.92. The molecule has 0 saturated heterocycles. The molecule has 0 aliphatic heterocycles. The Morgan fingerprint density at radius 1 is 1.37 bits per heavy atom. The third-order valence-electron chi connectivity index (χ3n) is 2.85. The first-order valence-corrected chi connectivity index (χ1v) is 6.73. The molecule has 0 atom stereocenters. The largest absolute Gasteiger partial charge is 0.358 e. The minimum absolute atomic E-state index is 0.0828. The molecule has 5 heteroatoms. The molecule has 0 fully saturated rings. The molecule has 1 aromatic rings. The first-order valence-electron chi connectivity index (χ1n) is 6.29. The quantitative estimate of drug-likeness (QED) is 0.809. The highest BCUT2D eigenvalue weighted by molar-refractivity contribution is 7.80. The van der Waals surface area contributed by atoms with Crippen molar-refractivity contribution < 1.29 is 9.59 Å². The number of aryl methyl sites for hydroxylation is 1. The number of nitrogens with zero attached hydrogens (tertiary/aromatic N) is 1. The summed E-state index contributed by atoms with van der Waals surface area (Å²) in [6.45, 7) is 4.50. The summed E-state index contributed by atoms with van der Waals surface area (Å²) in [5.74, 6) is -0.291. The van der Waals surface area contributed by atoms with E-state index in [2.05, 4.69) is 17.9 Å². The summed E-state index contributed by atoms with van der Waals surface area (Å²) in [6, 6.07) is 5.45. The maximum atomic E-state index is 12.5. The van der Waals surface area contributed by atoms with Gasteiger partial charge in [0.25, 0.3) is 5.91 Å². The Balaban J connectivity index is 2.98. The van der Waals surface area contributed by atoms with Gasteiger partial charge in [0, 0.05) is 24.1 Å². The van der Waals surface area contributed by atoms with Crippen molar-refractivity contribution in [1.29, 1.82) is 0 Å². The second kappa shape index (κ2) is 7.19. The van der Waals surface area contributed by atoms with Crippen LogP contribution in [0.3, 0.4) is 0 Å². The van der Waals surface area contributed by atoms with Crippen LogP contribution in [0.2, 0.25) is 0 Å². The van der Waals surface area contributed by atoms with Crippen LogP contribution in [-0.4, -0.2) is 36.9 Å². The SMILES string of the molecule is CCCN(CC(=O)NC)C(=O)c1cc(S)ccc1C. The maximum absolute atomic E-state index is 12.5. The van der Waals surface area contributed by atoms with Crippen LogP contribution >= 0.6 is 12.6 Å². The molecule has 0 bridgehead atoms. The Kier molecular flexibility index (Phi) is 5.89. The zero-order valence-electron chi connectivity index (χ0n) is 11.6. The number of benzene rings is 1. The van der Waals surface area contributed by atoms with Crippen LogP contribution in [0.1, 0.15) is 29.3 Å². The van der Waals surface area contributed by atoms with E-state index in [0.29, 0.717) is 12.1 Å². The molecular weight excluding hydrogens is 260 g/mol. The molecule has 0 heterocycles. The Morgan fingerprint density at radius 3 is 2.63 bits per heavy atom. The minimum Gasteiger partial charge on any atom is -0.358 e. The van der Waals surface area contributed by atoms with Crippen LogP contribution < -0.4 is 5.32 Å². The minimum atomic E-state index is -0.165. The average Bonchev–Trinajstić information content (AvgIpc) is 2.40. The van der Waals surface area contributed by atoms with Gasteiger partial charge in [-0.2, -0.15) is 0 Å². The number of carbonyl (C=O) groups is 2. The van der Waals surface area contributed by atoms with Gasteiger partial charge < -0.3 is 10.2 Å². The predicted octanol–water partition coefficient (Wildman–Crippen LogP) is 1.88. The molecule has 1 rings (SSSR count). The molecule has 2 amide bonds. The molecular formula is C14H20N2O2S. The number of hydrogen-bond donors (Lipinski definition) is 2. The van der Waals surface area contributed by atoms with Crippen LogP contribution in [0.5, 0.6) is 0 Å². The summed E-state index contributed by atoms with van der Waals surface area (Å²) in [5, 5.41) is 2.54. The van der Waals surface area contributed by atoms with Gasteiger partial charge in [0.2, 0.25) is 5.91 Å². The van der Waals surface area contributed by atoms with Crippen LogP contribution in [-0.2, 0) is 4.79 Å². The highest BCUT2D eigenvalue weighted by Gasteiger charge is 2.19. The number of nitrogens with one attached hydrogen (secondary N) is 1. The fourth-order valence-electron chi connectivity index (χ4n) is 1.79. The monoisotopic (exact) mass is 280 g/mol. The first kappa shape index (κ1) is 15.6. The van der Waals surface area contributed by atoms with Crippen molar-refractivity contribution >= 4 is 24.4 Å². The summed E-state index contributed by atoms with van der Waals surface area (Å²) >= 11 is 4.25. The molecule has 0 aliphatic carbocycles. The predicted molar refractivity (Wildman–Crippen MR) is 78.7 cm³/mol. The van der Waals surface area contributed by atoms with Crippen molar-refractivity contribution in [3.8, 4) is 0 Å². The summed E-state index contributed by atoms with van der Waals surface area (Å²) in [6.07, 6.45) is 0.808. The summed E-state index contributed by atoms with van der Waals surface area (Å²) in [7, 11) is 1.57. The van der Waals surface area contributed by atoms with E-state index in [-0.39, 0.29) is 18.4 Å². The standard InChI is InChI=1S/C14H20N2O2S/c1-4-7-16(9-13(17)15-3)14(18)12-8-11(19)6-5-10(12)2/h5-6,8,19H,4,7,9H2,1-3H3,(H,15,17). The van der Waals surface area contributed by atoms with Crippen molar-refractivity contribution in [2.75, 3.05) is 20.1 Å². The van der Waals surface area contributed by atoms with Gasteiger partial charge >= 0.3 is 0 Å². The van der Waals surface area contributed by atoms with Gasteiger partial charge in [-0.1, -0.05) is 13.0 Å². The van der Waals surface area contributed by atoms with Crippen molar-refractivity contribution in [2.45, 2.75) is 25.2 Å². The fraction of sp³-hybridized carbons (Fsp3) is 0.429. The van der Waals surface area contributed by atoms with Crippen molar-refractivity contribution in [3.05, 3.63) is 29.3 Å². The molecule has 0 unspecified atom stereocenters. The zero-order valence-corrected chi connectivity index (χ0v) is 12.5. The molecule has 0 spiro atoms. The van der Waals surface area contributed by atoms with Crippen LogP contribution in [0, 0.1) is 6.92 Å². The van der Waals surface area contributed by atoms with E-state index in [9.17, 15) is 9.59 Å². The van der Waals surface area contributed by atoms with E-state index in [1.807, 2.05) is 26.0 Å². The van der Waals surface area contributed by atoms with Gasteiger partial charge in [0.1, 0.15) is 0 Å². The van der Waals surface area contributed by atoms with Gasteiger partial charge in [-0.15, -0.1) is 12.6 Å². The van der Waals surface area contributed by atoms with E-state index < -0.39 is 0 Å². The van der Waals surface area contributed by atoms with E-state index in [1.165, 1.54) is 0 Å². The lowest BCUT2D eigenvalue weighted by Crippen LogP contribution is -2.40. The van der Waals surface area contributed by atoms with E-state index in [1.54, 1.807) is 18.0 Å². The van der Waals surface area contributed by atoms with Crippen LogP contribution in [0.4, 0.5) is 0 Å². The number of carbonyl (C=O) groups excluding carboxylic acids is 2. The van der Waals surface area contributed by atoms with Crippen LogP contribution in [0.25, 0.3) is 0 Å². The fourth-order valence-corrected chi connectivity index (χ4v) is 1.99. The van der Waals surface area contributed by atoms with Gasteiger partial charge in [-0.25, -0.2) is 0 Å². The summed E-state index contributed by atoms with van der Waals surface area (Å²) in [4.78, 5) is 26.2. The summed E-state index contributed by atoms with van der Waals surface area (Å²) < 4.78 is 0. The van der Waals surface area contributed by atoms with Crippen molar-refractivity contribution in [1.82, 2.24) is 10.2 Å². The highest BCUT2D eigenvalue weighted by atomic mass is 32.1. The molecule has 104 valence electrons. The lowest BCUT2D eigenvalue weighted by atomic mass is 10.1. The number of likely N-dealkylation sites (N-methyl/N-ethyl adjacent to an activating group) is 1. The Labute approximate surface area is 119 Å². The Morgan fingerprint density at radius 2 is 2.05 bits per heavy atom. The van der Waals surface area contributed by atoms with Gasteiger partial charge in [0.05, 0.1) is 6.54 Å². The lowest BCUT2D eigenvalue weighted by Gasteiger charge is -2.22. The third-order valence-corrected chi connectivity index (χ3v) is 3.12. The number of amides is 2. The lowest BCUT2D eigenvalue weighted by molar-refractivity contribution is -0.121. The molecule has 0 aromatic heterocycles. The number of rotatable bonds is 5. The molecule has 19 heavy (non-hydrogen) atoms. The van der Waals surface area contributed by atoms with Crippen LogP contribution in [0.15, 0.2) is 23.1 Å². The normalized spacial score (nSPS) is 10.1. The Bertz CT molecular complexity index is 475. The van der Waals surface area contributed by atoms with E-state index >= 15 is 0 Å². The van der Waals surface area contributed by atoms with E-state index in [4.69, 9.17) is 0 Å². The second-order valence-electron chi connectivity index (χ2n) is 4.40. The molecule has 0 radical (unpaired) electrons. The Hall–Kier alpha value is -1.49. The van der Waals surface area contributed by atoms with Gasteiger partial charge in [-0.05, 0) is 31.0 Å². The molecule has 1 N–H and O–H groups in total. The number of thiol groups is 1. The smallest absolute Gasteiger partial charge is 0.254 e. The number of hydrogen-bond acceptors (Lipinski definition) is 3. The van der Waals surface area contributed by atoms with Gasteiger partial charge in [0.15, 0.2) is 0 Å². The molecule has 1 aromatic carbocycles. The van der Waals surface area contributed by atoms with Gasteiger partial charge in [-0.3, -0.25) is 9.59 Å². The average molecular weight is 280 g/mol. The van der Waals surface area contributed by atoms with Crippen molar-refractivity contribution in [2.24, 2.45) is 0 Å². The van der Waals surface area contributed by atoms with E-state index in [0.717, 1.165) is 16.9 Å². The maximum Gasteiger partial charge on any atom is 0.254 e. The molecule has 0 saturated carbocycles. The zero-order chi connectivity index (χ0) is 14.4. The summed E-state index contributed by atoms with van der Waals surface area (Å²) in [5.41, 5.74) is 1.49. The molecule has 4 nitrogen and oxygen atoms in total.